The van der Waals surface area contributed by atoms with Crippen molar-refractivity contribution in [1.82, 2.24) is 10.2 Å². The average Bonchev–Trinajstić information content (AvgIpc) is 3.44. The van der Waals surface area contributed by atoms with Crippen LogP contribution in [0.5, 0.6) is 11.5 Å². The lowest BCUT2D eigenvalue weighted by atomic mass is 9.87. The topological polar surface area (TPSA) is 135 Å². The molecule has 0 unspecified atom stereocenters. The third-order valence-corrected chi connectivity index (χ3v) is 7.26. The molecule has 1 heterocycles. The van der Waals surface area contributed by atoms with Gasteiger partial charge in [-0.3, -0.25) is 14.4 Å². The van der Waals surface area contributed by atoms with Crippen LogP contribution >= 0.6 is 22.6 Å². The number of rotatable bonds is 12. The van der Waals surface area contributed by atoms with Gasteiger partial charge in [-0.25, -0.2) is 0 Å². The Bertz CT molecular complexity index is 1050. The number of benzene rings is 1. The number of hydrogen-bond acceptors (Lipinski definition) is 8. The molecule has 0 spiro atoms. The van der Waals surface area contributed by atoms with Gasteiger partial charge in [-0.2, -0.15) is 0 Å². The number of methoxy groups -OCH3 is 1. The summed E-state index contributed by atoms with van der Waals surface area (Å²) >= 11 is 2.01. The van der Waals surface area contributed by atoms with Gasteiger partial charge in [0.2, 0.25) is 11.8 Å². The molecule has 2 aliphatic rings. The molecule has 11 heteroatoms. The highest BCUT2D eigenvalue weighted by atomic mass is 127. The van der Waals surface area contributed by atoms with Gasteiger partial charge in [0.15, 0.2) is 11.5 Å². The Hall–Kier alpha value is -2.48. The maximum atomic E-state index is 13.3. The fourth-order valence-electron chi connectivity index (χ4n) is 4.55. The number of amides is 2. The van der Waals surface area contributed by atoms with Crippen molar-refractivity contribution in [2.45, 2.75) is 57.0 Å². The van der Waals surface area contributed by atoms with E-state index in [1.807, 2.05) is 29.5 Å². The third kappa shape index (κ3) is 7.55. The maximum Gasteiger partial charge on any atom is 0.247 e. The number of ether oxygens (including phenoxy) is 3. The monoisotopic (exact) mass is 642 g/mol. The predicted octanol–water partition coefficient (Wildman–Crippen LogP) is 2.00. The first-order valence-corrected chi connectivity index (χ1v) is 13.8. The Morgan fingerprint density at radius 1 is 1.34 bits per heavy atom. The zero-order valence-electron chi connectivity index (χ0n) is 21.6. The summed E-state index contributed by atoms with van der Waals surface area (Å²) in [7, 11) is 1.44. The summed E-state index contributed by atoms with van der Waals surface area (Å²) in [5.41, 5.74) is 0.721. The summed E-state index contributed by atoms with van der Waals surface area (Å²) in [6, 6.07) is 2.37. The van der Waals surface area contributed by atoms with E-state index in [-0.39, 0.29) is 38.1 Å². The fourth-order valence-corrected chi connectivity index (χ4v) is 5.30. The van der Waals surface area contributed by atoms with E-state index in [1.165, 1.54) is 25.3 Å². The number of nitrogens with zero attached hydrogens (tertiary/aromatic N) is 1. The largest absolute Gasteiger partial charge is 0.493 e. The van der Waals surface area contributed by atoms with Crippen LogP contribution in [0.2, 0.25) is 0 Å². The number of hydrogen-bond donors (Lipinski definition) is 3. The molecule has 38 heavy (non-hydrogen) atoms. The van der Waals surface area contributed by atoms with Gasteiger partial charge in [-0.15, -0.1) is 0 Å². The minimum absolute atomic E-state index is 0.0611. The minimum atomic E-state index is -1.18. The summed E-state index contributed by atoms with van der Waals surface area (Å²) in [6.45, 7) is 2.63. The van der Waals surface area contributed by atoms with Crippen LogP contribution in [0.15, 0.2) is 35.9 Å². The van der Waals surface area contributed by atoms with E-state index in [2.05, 4.69) is 5.32 Å². The van der Waals surface area contributed by atoms with Gasteiger partial charge in [-0.05, 0) is 66.1 Å². The van der Waals surface area contributed by atoms with Crippen LogP contribution in [0.25, 0.3) is 0 Å². The Kier molecular flexibility index (Phi) is 11.6. The van der Waals surface area contributed by atoms with Gasteiger partial charge in [0.25, 0.3) is 0 Å². The van der Waals surface area contributed by atoms with Crippen LogP contribution < -0.4 is 14.8 Å². The maximum absolute atomic E-state index is 13.3. The summed E-state index contributed by atoms with van der Waals surface area (Å²) in [6.07, 6.45) is 5.54. The molecule has 0 radical (unpaired) electrons. The highest BCUT2D eigenvalue weighted by Gasteiger charge is 2.41. The normalized spacial score (nSPS) is 23.1. The number of carbonyl (C=O) groups is 3. The number of halogens is 1. The van der Waals surface area contributed by atoms with E-state index >= 15 is 0 Å². The zero-order valence-corrected chi connectivity index (χ0v) is 23.8. The Morgan fingerprint density at radius 3 is 2.76 bits per heavy atom. The molecule has 208 valence electrons. The molecule has 1 saturated heterocycles. The minimum Gasteiger partial charge on any atom is -0.493 e. The molecule has 4 atom stereocenters. The molecule has 3 N–H and O–H groups in total. The molecule has 2 amide bonds. The highest BCUT2D eigenvalue weighted by Crippen LogP contribution is 2.37. The Labute approximate surface area is 236 Å². The summed E-state index contributed by atoms with van der Waals surface area (Å²) in [5, 5.41) is 23.4. The predicted molar refractivity (Wildman–Crippen MR) is 148 cm³/mol. The summed E-state index contributed by atoms with van der Waals surface area (Å²) < 4.78 is 18.0. The number of aliphatic hydroxyl groups excluding tert-OH is 2. The zero-order chi connectivity index (χ0) is 27.7. The van der Waals surface area contributed by atoms with E-state index in [0.717, 1.165) is 12.8 Å². The van der Waals surface area contributed by atoms with E-state index in [9.17, 15) is 24.6 Å². The van der Waals surface area contributed by atoms with Crippen LogP contribution in [-0.2, 0) is 14.3 Å². The van der Waals surface area contributed by atoms with Crippen LogP contribution in [0, 0.1) is 3.57 Å². The van der Waals surface area contributed by atoms with Crippen molar-refractivity contribution < 1.29 is 38.8 Å². The molecule has 0 aromatic heterocycles. The van der Waals surface area contributed by atoms with Crippen molar-refractivity contribution in [2.75, 3.05) is 33.4 Å². The van der Waals surface area contributed by atoms with E-state index in [0.29, 0.717) is 45.5 Å². The van der Waals surface area contributed by atoms with Crippen molar-refractivity contribution in [3.05, 3.63) is 45.1 Å². The second-order valence-corrected chi connectivity index (χ2v) is 10.3. The van der Waals surface area contributed by atoms with Crippen molar-refractivity contribution in [1.29, 1.82) is 0 Å². The third-order valence-electron chi connectivity index (χ3n) is 6.46. The molecule has 1 aromatic carbocycles. The van der Waals surface area contributed by atoms with Gasteiger partial charge >= 0.3 is 0 Å². The number of nitrogens with one attached hydrogen (secondary N) is 1. The first-order chi connectivity index (χ1) is 18.3. The number of carbonyl (C=O) groups excluding carboxylic acids is 3. The molecule has 0 saturated carbocycles. The van der Waals surface area contributed by atoms with Crippen LogP contribution in [-0.4, -0.2) is 91.0 Å². The van der Waals surface area contributed by atoms with Crippen molar-refractivity contribution in [3.8, 4) is 11.5 Å². The van der Waals surface area contributed by atoms with Gasteiger partial charge in [-0.1, -0.05) is 13.0 Å². The van der Waals surface area contributed by atoms with Gasteiger partial charge in [0.05, 0.1) is 29.4 Å². The quantitative estimate of drug-likeness (QED) is 0.179. The first-order valence-electron chi connectivity index (χ1n) is 12.7. The Balaban J connectivity index is 2.00. The molecular formula is C27H35IN2O8. The van der Waals surface area contributed by atoms with Crippen molar-refractivity contribution in [3.63, 3.8) is 0 Å². The molecular weight excluding hydrogens is 607 g/mol. The molecule has 1 aliphatic carbocycles. The Morgan fingerprint density at radius 2 is 2.13 bits per heavy atom. The molecule has 10 nitrogen and oxygen atoms in total. The SMILES string of the molecule is CCC=CC(=O)N(C[C@H]1CCCO1)[C@@H]1CC(C(=O)NCCO)=C[C@H](Oc2c(I)cc(C=O)cc2OC)[C@H]1O. The lowest BCUT2D eigenvalue weighted by Gasteiger charge is -2.41. The van der Waals surface area contributed by atoms with E-state index < -0.39 is 24.2 Å². The van der Waals surface area contributed by atoms with Crippen LogP contribution in [0.1, 0.15) is 43.0 Å². The standard InChI is InChI=1S/C27H35IN2O8/c1-3-4-7-24(33)30(15-19-6-5-10-37-19)21-13-18(27(35)29-8-9-31)14-22(25(21)34)38-26-20(28)11-17(16-32)12-23(26)36-2/h4,7,11-12,14,16,19,21-22,25,31,34H,3,5-6,8-10,13,15H2,1-2H3,(H,29,35)/t19-,21-,22+,25+/m1/s1. The van der Waals surface area contributed by atoms with Crippen molar-refractivity contribution >= 4 is 40.7 Å². The van der Waals surface area contributed by atoms with Gasteiger partial charge in [0, 0.05) is 37.3 Å². The fraction of sp³-hybridized carbons (Fsp3) is 0.519. The molecule has 0 bridgehead atoms. The van der Waals surface area contributed by atoms with E-state index in [4.69, 9.17) is 14.2 Å². The number of allylic oxidation sites excluding steroid dienone is 1. The second-order valence-electron chi connectivity index (χ2n) is 9.10. The highest BCUT2D eigenvalue weighted by molar-refractivity contribution is 14.1. The molecule has 3 rings (SSSR count). The lowest BCUT2D eigenvalue weighted by molar-refractivity contribution is -0.135. The number of aldehydes is 1. The number of aliphatic hydroxyl groups is 2. The molecule has 1 aromatic rings. The van der Waals surface area contributed by atoms with Crippen molar-refractivity contribution in [2.24, 2.45) is 0 Å². The van der Waals surface area contributed by atoms with Gasteiger partial charge < -0.3 is 34.6 Å². The van der Waals surface area contributed by atoms with E-state index in [1.54, 1.807) is 17.0 Å². The van der Waals surface area contributed by atoms with Crippen LogP contribution in [0.3, 0.4) is 0 Å². The smallest absolute Gasteiger partial charge is 0.247 e. The summed E-state index contributed by atoms with van der Waals surface area (Å²) in [5.74, 6) is -0.107. The second kappa shape index (κ2) is 14.6. The van der Waals surface area contributed by atoms with Crippen LogP contribution in [0.4, 0.5) is 0 Å². The average molecular weight is 642 g/mol. The summed E-state index contributed by atoms with van der Waals surface area (Å²) in [4.78, 5) is 39.1. The van der Waals surface area contributed by atoms with Gasteiger partial charge in [0.1, 0.15) is 18.5 Å². The lowest BCUT2D eigenvalue weighted by Crippen LogP contribution is -2.56. The first kappa shape index (κ1) is 30.1. The molecule has 1 aliphatic heterocycles. The molecule has 1 fully saturated rings.